The average molecular weight is 419 g/mol. The summed E-state index contributed by atoms with van der Waals surface area (Å²) < 4.78 is 11.0. The molecule has 1 aliphatic heterocycles. The van der Waals surface area contributed by atoms with Crippen LogP contribution in [0.4, 0.5) is 5.69 Å². The largest absolute Gasteiger partial charge is 0.385 e. The molecule has 1 saturated heterocycles. The molecule has 7 heteroatoms. The summed E-state index contributed by atoms with van der Waals surface area (Å²) in [7, 11) is 1.72. The first kappa shape index (κ1) is 24.2. The Morgan fingerprint density at radius 3 is 2.50 bits per heavy atom. The highest BCUT2D eigenvalue weighted by molar-refractivity contribution is 5.92. The molecule has 0 radical (unpaired) electrons. The highest BCUT2D eigenvalue weighted by atomic mass is 16.5. The monoisotopic (exact) mass is 418 g/mol. The second-order valence-corrected chi connectivity index (χ2v) is 7.91. The van der Waals surface area contributed by atoms with Crippen LogP contribution >= 0.6 is 0 Å². The molecule has 30 heavy (non-hydrogen) atoms. The van der Waals surface area contributed by atoms with Crippen molar-refractivity contribution in [1.82, 2.24) is 10.2 Å². The third kappa shape index (κ3) is 8.32. The third-order valence-corrected chi connectivity index (χ3v) is 5.08. The van der Waals surface area contributed by atoms with E-state index in [0.717, 1.165) is 69.3 Å². The fourth-order valence-corrected chi connectivity index (χ4v) is 3.26. The molecule has 1 heterocycles. The molecule has 7 nitrogen and oxygen atoms in total. The topological polar surface area (TPSA) is 75.2 Å². The number of nitrogens with one attached hydrogen (secondary N) is 2. The van der Waals surface area contributed by atoms with Crippen LogP contribution in [-0.2, 0) is 20.8 Å². The van der Waals surface area contributed by atoms with Crippen molar-refractivity contribution in [2.24, 2.45) is 10.9 Å². The van der Waals surface area contributed by atoms with Gasteiger partial charge in [0.15, 0.2) is 5.96 Å². The average Bonchev–Trinajstić information content (AvgIpc) is 2.75. The van der Waals surface area contributed by atoms with Gasteiger partial charge in [0.2, 0.25) is 5.91 Å². The van der Waals surface area contributed by atoms with Crippen LogP contribution in [0.5, 0.6) is 0 Å². The number of guanidine groups is 1. The van der Waals surface area contributed by atoms with Crippen LogP contribution in [0.3, 0.4) is 0 Å². The Morgan fingerprint density at radius 2 is 1.90 bits per heavy atom. The molecule has 0 aliphatic carbocycles. The van der Waals surface area contributed by atoms with Crippen molar-refractivity contribution in [3.8, 4) is 0 Å². The van der Waals surface area contributed by atoms with E-state index in [1.807, 2.05) is 38.1 Å². The van der Waals surface area contributed by atoms with Gasteiger partial charge in [-0.15, -0.1) is 0 Å². The van der Waals surface area contributed by atoms with Crippen LogP contribution < -0.4 is 10.6 Å². The number of hydrogen-bond acceptors (Lipinski definition) is 4. The minimum Gasteiger partial charge on any atom is -0.385 e. The van der Waals surface area contributed by atoms with E-state index in [1.165, 1.54) is 0 Å². The lowest BCUT2D eigenvalue weighted by atomic mass is 10.1. The van der Waals surface area contributed by atoms with Crippen molar-refractivity contribution in [2.45, 2.75) is 52.7 Å². The molecule has 0 aromatic heterocycles. The molecule has 0 spiro atoms. The molecule has 1 aromatic rings. The van der Waals surface area contributed by atoms with Gasteiger partial charge in [-0.2, -0.15) is 0 Å². The van der Waals surface area contributed by atoms with Crippen LogP contribution in [0.25, 0.3) is 0 Å². The second kappa shape index (κ2) is 13.2. The van der Waals surface area contributed by atoms with Gasteiger partial charge >= 0.3 is 0 Å². The van der Waals surface area contributed by atoms with E-state index in [9.17, 15) is 4.79 Å². The number of rotatable bonds is 10. The summed E-state index contributed by atoms with van der Waals surface area (Å²) in [5, 5.41) is 6.33. The van der Waals surface area contributed by atoms with Crippen molar-refractivity contribution < 1.29 is 14.3 Å². The number of carbonyl (C=O) groups is 1. The number of benzene rings is 1. The molecule has 1 aliphatic rings. The summed E-state index contributed by atoms with van der Waals surface area (Å²) in [6.45, 7) is 10.7. The number of aliphatic imine (C=N–C) groups is 1. The van der Waals surface area contributed by atoms with E-state index in [1.54, 1.807) is 7.11 Å². The maximum absolute atomic E-state index is 11.8. The van der Waals surface area contributed by atoms with Gasteiger partial charge in [-0.05, 0) is 43.9 Å². The zero-order chi connectivity index (χ0) is 21.8. The van der Waals surface area contributed by atoms with Crippen LogP contribution in [0.1, 0.15) is 45.6 Å². The minimum atomic E-state index is -0.0307. The first-order valence-corrected chi connectivity index (χ1v) is 11.1. The second-order valence-electron chi connectivity index (χ2n) is 7.91. The smallest absolute Gasteiger partial charge is 0.226 e. The predicted molar refractivity (Wildman–Crippen MR) is 122 cm³/mol. The van der Waals surface area contributed by atoms with E-state index < -0.39 is 0 Å². The molecular formula is C23H38N4O3. The van der Waals surface area contributed by atoms with Gasteiger partial charge in [-0.3, -0.25) is 4.79 Å². The minimum absolute atomic E-state index is 0.0290. The lowest BCUT2D eigenvalue weighted by Crippen LogP contribution is -2.47. The number of amides is 1. The SMILES string of the molecule is CCNC(=NCc1ccc(NC(=O)C(C)C)cc1)N1CCC(OCCCOC)CC1. The quantitative estimate of drug-likeness (QED) is 0.347. The molecule has 0 saturated carbocycles. The van der Waals surface area contributed by atoms with Crippen molar-refractivity contribution in [1.29, 1.82) is 0 Å². The highest BCUT2D eigenvalue weighted by Gasteiger charge is 2.21. The Balaban J connectivity index is 1.85. The fraction of sp³-hybridized carbons (Fsp3) is 0.652. The van der Waals surface area contributed by atoms with Gasteiger partial charge in [0.25, 0.3) is 0 Å². The summed E-state index contributed by atoms with van der Waals surface area (Å²) in [6, 6.07) is 7.90. The van der Waals surface area contributed by atoms with Gasteiger partial charge in [0, 0.05) is 51.6 Å². The predicted octanol–water partition coefficient (Wildman–Crippen LogP) is 3.26. The van der Waals surface area contributed by atoms with E-state index in [0.29, 0.717) is 12.6 Å². The number of hydrogen-bond donors (Lipinski definition) is 2. The van der Waals surface area contributed by atoms with Gasteiger partial charge in [0.05, 0.1) is 12.6 Å². The number of nitrogens with zero attached hydrogens (tertiary/aromatic N) is 2. The normalized spacial score (nSPS) is 15.5. The fourth-order valence-electron chi connectivity index (χ4n) is 3.26. The first-order chi connectivity index (χ1) is 14.5. The third-order valence-electron chi connectivity index (χ3n) is 5.08. The van der Waals surface area contributed by atoms with Crippen molar-refractivity contribution in [2.75, 3.05) is 45.3 Å². The number of carbonyl (C=O) groups excluding carboxylic acids is 1. The molecule has 1 fully saturated rings. The van der Waals surface area contributed by atoms with Crippen LogP contribution in [0.2, 0.25) is 0 Å². The van der Waals surface area contributed by atoms with Crippen LogP contribution in [0, 0.1) is 5.92 Å². The molecular weight excluding hydrogens is 380 g/mol. The van der Waals surface area contributed by atoms with Crippen LogP contribution in [-0.4, -0.2) is 62.8 Å². The number of piperidine rings is 1. The highest BCUT2D eigenvalue weighted by Crippen LogP contribution is 2.15. The molecule has 168 valence electrons. The molecule has 1 amide bonds. The van der Waals surface area contributed by atoms with E-state index >= 15 is 0 Å². The molecule has 0 unspecified atom stereocenters. The van der Waals surface area contributed by atoms with Gasteiger partial charge in [-0.1, -0.05) is 26.0 Å². The molecule has 1 aromatic carbocycles. The van der Waals surface area contributed by atoms with Gasteiger partial charge < -0.3 is 25.0 Å². The standard InChI is InChI=1S/C23H38N4O3/c1-5-24-23(27-13-11-21(12-14-27)30-16-6-15-29-4)25-17-19-7-9-20(10-8-19)26-22(28)18(2)3/h7-10,18,21H,5-6,11-17H2,1-4H3,(H,24,25)(H,26,28). The van der Waals surface area contributed by atoms with Crippen LogP contribution in [0.15, 0.2) is 29.3 Å². The number of ether oxygens (including phenoxy) is 2. The summed E-state index contributed by atoms with van der Waals surface area (Å²) in [4.78, 5) is 18.9. The van der Waals surface area contributed by atoms with E-state index in [-0.39, 0.29) is 11.8 Å². The zero-order valence-electron chi connectivity index (χ0n) is 18.9. The lowest BCUT2D eigenvalue weighted by Gasteiger charge is -2.34. The summed E-state index contributed by atoms with van der Waals surface area (Å²) in [6.07, 6.45) is 3.30. The summed E-state index contributed by atoms with van der Waals surface area (Å²) >= 11 is 0. The molecule has 2 N–H and O–H groups in total. The Hall–Kier alpha value is -2.12. The molecule has 0 atom stereocenters. The van der Waals surface area contributed by atoms with Crippen molar-refractivity contribution >= 4 is 17.6 Å². The first-order valence-electron chi connectivity index (χ1n) is 11.1. The molecule has 2 rings (SSSR count). The number of methoxy groups -OCH3 is 1. The zero-order valence-corrected chi connectivity index (χ0v) is 18.9. The number of anilines is 1. The van der Waals surface area contributed by atoms with Gasteiger partial charge in [-0.25, -0.2) is 4.99 Å². The maximum atomic E-state index is 11.8. The Bertz CT molecular complexity index is 653. The Labute approximate surface area is 181 Å². The summed E-state index contributed by atoms with van der Waals surface area (Å²) in [5.41, 5.74) is 1.94. The van der Waals surface area contributed by atoms with E-state index in [2.05, 4.69) is 22.5 Å². The summed E-state index contributed by atoms with van der Waals surface area (Å²) in [5.74, 6) is 0.950. The van der Waals surface area contributed by atoms with Gasteiger partial charge in [0.1, 0.15) is 0 Å². The van der Waals surface area contributed by atoms with Crippen molar-refractivity contribution in [3.63, 3.8) is 0 Å². The maximum Gasteiger partial charge on any atom is 0.226 e. The lowest BCUT2D eigenvalue weighted by molar-refractivity contribution is -0.118. The Morgan fingerprint density at radius 1 is 1.20 bits per heavy atom. The number of likely N-dealkylation sites (tertiary alicyclic amines) is 1. The van der Waals surface area contributed by atoms with Crippen molar-refractivity contribution in [3.05, 3.63) is 29.8 Å². The van der Waals surface area contributed by atoms with E-state index in [4.69, 9.17) is 14.5 Å². The molecule has 0 bridgehead atoms. The Kier molecular flexibility index (Phi) is 10.7.